The number of nitriles is 1. The highest BCUT2D eigenvalue weighted by Crippen LogP contribution is 2.23. The summed E-state index contributed by atoms with van der Waals surface area (Å²) >= 11 is 1.92. The van der Waals surface area contributed by atoms with E-state index in [0.29, 0.717) is 11.7 Å². The fourth-order valence-corrected chi connectivity index (χ4v) is 2.53. The van der Waals surface area contributed by atoms with Crippen LogP contribution in [0.3, 0.4) is 0 Å². The molecule has 0 aliphatic carbocycles. The highest BCUT2D eigenvalue weighted by Gasteiger charge is 2.16. The van der Waals surface area contributed by atoms with Crippen LogP contribution in [-0.2, 0) is 0 Å². The van der Waals surface area contributed by atoms with Crippen LogP contribution in [0.25, 0.3) is 0 Å². The quantitative estimate of drug-likeness (QED) is 0.743. The van der Waals surface area contributed by atoms with E-state index in [9.17, 15) is 0 Å². The fraction of sp³-hybridized carbons (Fsp3) is 0.364. The zero-order valence-electron chi connectivity index (χ0n) is 7.77. The highest BCUT2D eigenvalue weighted by atomic mass is 32.2. The molecular formula is C11H11NOS. The molecule has 1 unspecified atom stereocenters. The second-order valence-electron chi connectivity index (χ2n) is 3.24. The second kappa shape index (κ2) is 4.39. The van der Waals surface area contributed by atoms with Gasteiger partial charge >= 0.3 is 0 Å². The van der Waals surface area contributed by atoms with E-state index in [1.54, 1.807) is 12.1 Å². The normalized spacial score (nSPS) is 20.4. The maximum absolute atomic E-state index is 8.71. The first kappa shape index (κ1) is 9.42. The predicted molar refractivity (Wildman–Crippen MR) is 57.5 cm³/mol. The standard InChI is InChI=1S/C11H11NOS/c12-7-9-2-1-3-10(6-9)13-11-4-5-14-8-11/h1-3,6,11H,4-5,8H2. The summed E-state index contributed by atoms with van der Waals surface area (Å²) < 4.78 is 5.75. The van der Waals surface area contributed by atoms with Crippen LogP contribution in [0.15, 0.2) is 24.3 Å². The number of thioether (sulfide) groups is 1. The lowest BCUT2D eigenvalue weighted by atomic mass is 10.2. The summed E-state index contributed by atoms with van der Waals surface area (Å²) in [6.07, 6.45) is 1.44. The summed E-state index contributed by atoms with van der Waals surface area (Å²) in [5, 5.41) is 8.71. The van der Waals surface area contributed by atoms with Crippen molar-refractivity contribution < 1.29 is 4.74 Å². The Morgan fingerprint density at radius 1 is 1.50 bits per heavy atom. The van der Waals surface area contributed by atoms with Crippen LogP contribution in [0.4, 0.5) is 0 Å². The Labute approximate surface area is 87.9 Å². The van der Waals surface area contributed by atoms with E-state index in [1.807, 2.05) is 23.9 Å². The molecule has 1 heterocycles. The maximum Gasteiger partial charge on any atom is 0.121 e. The van der Waals surface area contributed by atoms with Gasteiger partial charge in [-0.05, 0) is 30.4 Å². The third-order valence-electron chi connectivity index (χ3n) is 2.15. The van der Waals surface area contributed by atoms with E-state index in [2.05, 4.69) is 6.07 Å². The topological polar surface area (TPSA) is 33.0 Å². The third-order valence-corrected chi connectivity index (χ3v) is 3.29. The minimum absolute atomic E-state index is 0.328. The molecule has 1 aliphatic heterocycles. The number of benzene rings is 1. The Bertz CT molecular complexity index is 353. The summed E-state index contributed by atoms with van der Waals surface area (Å²) in [5.41, 5.74) is 0.660. The Kier molecular flexibility index (Phi) is 2.95. The molecule has 0 amide bonds. The average molecular weight is 205 g/mol. The molecule has 1 aromatic rings. The van der Waals surface area contributed by atoms with Gasteiger partial charge in [-0.2, -0.15) is 17.0 Å². The molecule has 1 atom stereocenters. The van der Waals surface area contributed by atoms with Gasteiger partial charge in [0.15, 0.2) is 0 Å². The van der Waals surface area contributed by atoms with Crippen LogP contribution >= 0.6 is 11.8 Å². The van der Waals surface area contributed by atoms with Gasteiger partial charge in [-0.15, -0.1) is 0 Å². The Morgan fingerprint density at radius 2 is 2.43 bits per heavy atom. The number of hydrogen-bond donors (Lipinski definition) is 0. The molecule has 0 radical (unpaired) electrons. The summed E-state index contributed by atoms with van der Waals surface area (Å²) in [6.45, 7) is 0. The van der Waals surface area contributed by atoms with Gasteiger partial charge < -0.3 is 4.74 Å². The van der Waals surface area contributed by atoms with Gasteiger partial charge in [0.25, 0.3) is 0 Å². The summed E-state index contributed by atoms with van der Waals surface area (Å²) in [7, 11) is 0. The minimum atomic E-state index is 0.328. The number of nitrogens with zero attached hydrogens (tertiary/aromatic N) is 1. The minimum Gasteiger partial charge on any atom is -0.490 e. The molecule has 2 nitrogen and oxygen atoms in total. The lowest BCUT2D eigenvalue weighted by Crippen LogP contribution is -2.14. The molecular weight excluding hydrogens is 194 g/mol. The van der Waals surface area contributed by atoms with E-state index in [4.69, 9.17) is 10.00 Å². The molecule has 72 valence electrons. The van der Waals surface area contributed by atoms with Crippen molar-refractivity contribution in [3.05, 3.63) is 29.8 Å². The van der Waals surface area contributed by atoms with Crippen molar-refractivity contribution in [1.29, 1.82) is 5.26 Å². The Balaban J connectivity index is 2.05. The SMILES string of the molecule is N#Cc1cccc(OC2CCSC2)c1. The van der Waals surface area contributed by atoms with Gasteiger partial charge in [0.2, 0.25) is 0 Å². The first-order valence-corrected chi connectivity index (χ1v) is 5.78. The van der Waals surface area contributed by atoms with E-state index in [0.717, 1.165) is 17.9 Å². The Hall–Kier alpha value is -1.14. The monoisotopic (exact) mass is 205 g/mol. The van der Waals surface area contributed by atoms with Crippen molar-refractivity contribution in [3.63, 3.8) is 0 Å². The van der Waals surface area contributed by atoms with Crippen molar-refractivity contribution in [2.75, 3.05) is 11.5 Å². The molecule has 0 bridgehead atoms. The van der Waals surface area contributed by atoms with Crippen LogP contribution in [0.5, 0.6) is 5.75 Å². The highest BCUT2D eigenvalue weighted by molar-refractivity contribution is 7.99. The molecule has 0 N–H and O–H groups in total. The molecule has 3 heteroatoms. The van der Waals surface area contributed by atoms with Gasteiger partial charge in [0.1, 0.15) is 11.9 Å². The molecule has 1 saturated heterocycles. The average Bonchev–Trinajstić information content (AvgIpc) is 2.71. The lowest BCUT2D eigenvalue weighted by Gasteiger charge is -2.11. The maximum atomic E-state index is 8.71. The molecule has 1 fully saturated rings. The molecule has 1 aliphatic rings. The summed E-state index contributed by atoms with van der Waals surface area (Å²) in [5.74, 6) is 3.07. The van der Waals surface area contributed by atoms with Crippen molar-refractivity contribution >= 4 is 11.8 Å². The van der Waals surface area contributed by atoms with Crippen LogP contribution in [0, 0.1) is 11.3 Å². The van der Waals surface area contributed by atoms with E-state index in [1.165, 1.54) is 5.75 Å². The summed E-state index contributed by atoms with van der Waals surface area (Å²) in [4.78, 5) is 0. The van der Waals surface area contributed by atoms with Gasteiger partial charge in [-0.3, -0.25) is 0 Å². The number of rotatable bonds is 2. The van der Waals surface area contributed by atoms with Crippen molar-refractivity contribution in [2.45, 2.75) is 12.5 Å². The first-order chi connectivity index (χ1) is 6.88. The van der Waals surface area contributed by atoms with Crippen molar-refractivity contribution in [3.8, 4) is 11.8 Å². The van der Waals surface area contributed by atoms with Crippen LogP contribution in [0.1, 0.15) is 12.0 Å². The molecule has 14 heavy (non-hydrogen) atoms. The summed E-state index contributed by atoms with van der Waals surface area (Å²) in [6, 6.07) is 9.45. The Morgan fingerprint density at radius 3 is 3.14 bits per heavy atom. The third kappa shape index (κ3) is 2.21. The molecule has 1 aromatic carbocycles. The molecule has 0 spiro atoms. The van der Waals surface area contributed by atoms with E-state index in [-0.39, 0.29) is 0 Å². The lowest BCUT2D eigenvalue weighted by molar-refractivity contribution is 0.229. The molecule has 0 aromatic heterocycles. The zero-order chi connectivity index (χ0) is 9.80. The van der Waals surface area contributed by atoms with E-state index >= 15 is 0 Å². The van der Waals surface area contributed by atoms with Crippen LogP contribution in [-0.4, -0.2) is 17.6 Å². The van der Waals surface area contributed by atoms with Crippen LogP contribution < -0.4 is 4.74 Å². The largest absolute Gasteiger partial charge is 0.490 e. The van der Waals surface area contributed by atoms with Crippen molar-refractivity contribution in [2.24, 2.45) is 0 Å². The van der Waals surface area contributed by atoms with E-state index < -0.39 is 0 Å². The van der Waals surface area contributed by atoms with Crippen LogP contribution in [0.2, 0.25) is 0 Å². The van der Waals surface area contributed by atoms with Gasteiger partial charge in [0, 0.05) is 5.75 Å². The second-order valence-corrected chi connectivity index (χ2v) is 4.39. The first-order valence-electron chi connectivity index (χ1n) is 4.63. The molecule has 0 saturated carbocycles. The van der Waals surface area contributed by atoms with Gasteiger partial charge in [-0.1, -0.05) is 6.07 Å². The number of ether oxygens (including phenoxy) is 1. The smallest absolute Gasteiger partial charge is 0.121 e. The fourth-order valence-electron chi connectivity index (χ4n) is 1.44. The van der Waals surface area contributed by atoms with Gasteiger partial charge in [-0.25, -0.2) is 0 Å². The van der Waals surface area contributed by atoms with Crippen molar-refractivity contribution in [1.82, 2.24) is 0 Å². The van der Waals surface area contributed by atoms with Gasteiger partial charge in [0.05, 0.1) is 11.6 Å². The molecule has 2 rings (SSSR count). The number of hydrogen-bond acceptors (Lipinski definition) is 3. The predicted octanol–water partition coefficient (Wildman–Crippen LogP) is 2.44. The zero-order valence-corrected chi connectivity index (χ0v) is 8.59.